The molecule has 0 saturated carbocycles. The smallest absolute Gasteiger partial charge is 0.247 e. The first-order valence-electron chi connectivity index (χ1n) is 12.5. The molecule has 10 nitrogen and oxygen atoms in total. The summed E-state index contributed by atoms with van der Waals surface area (Å²) in [7, 11) is 2.98. The van der Waals surface area contributed by atoms with Crippen molar-refractivity contribution in [2.45, 2.75) is 43.7 Å². The van der Waals surface area contributed by atoms with E-state index in [1.54, 1.807) is 18.2 Å². The second-order valence-electron chi connectivity index (χ2n) is 9.27. The fourth-order valence-corrected chi connectivity index (χ4v) is 5.09. The molecule has 2 aliphatic rings. The predicted molar refractivity (Wildman–Crippen MR) is 138 cm³/mol. The van der Waals surface area contributed by atoms with E-state index in [1.807, 2.05) is 30.3 Å². The molecule has 0 aromatic heterocycles. The Hall–Kier alpha value is -3.44. The zero-order valence-corrected chi connectivity index (χ0v) is 21.5. The fraction of sp³-hybridized carbons (Fsp3) is 0.429. The number of carbonyl (C=O) groups is 2. The maximum atomic E-state index is 13.4. The molecule has 2 aromatic carbocycles. The lowest BCUT2D eigenvalue weighted by molar-refractivity contribution is -0.139. The Labute approximate surface area is 221 Å². The molecular weight excluding hydrogens is 492 g/mol. The van der Waals surface area contributed by atoms with Crippen molar-refractivity contribution in [3.63, 3.8) is 0 Å². The third-order valence-electron chi connectivity index (χ3n) is 6.89. The van der Waals surface area contributed by atoms with Crippen molar-refractivity contribution in [2.75, 3.05) is 34.0 Å². The van der Waals surface area contributed by atoms with Crippen LogP contribution >= 0.6 is 0 Å². The van der Waals surface area contributed by atoms with Crippen molar-refractivity contribution in [3.8, 4) is 11.5 Å². The van der Waals surface area contributed by atoms with Gasteiger partial charge in [-0.05, 0) is 29.3 Å². The first-order valence-corrected chi connectivity index (χ1v) is 12.5. The SMILES string of the molecule is COCCC(=O)N(Cc1ccccc1)C1C=C(C(=O)NCCO)C2c3cc(CO)cc(OC)c3OC2C1O. The molecule has 0 spiro atoms. The van der Waals surface area contributed by atoms with Crippen LogP contribution in [-0.2, 0) is 27.5 Å². The molecule has 0 bridgehead atoms. The van der Waals surface area contributed by atoms with Crippen molar-refractivity contribution in [3.05, 3.63) is 70.8 Å². The molecule has 1 aliphatic carbocycles. The summed E-state index contributed by atoms with van der Waals surface area (Å²) < 4.78 is 16.8. The van der Waals surface area contributed by atoms with Crippen molar-refractivity contribution in [1.29, 1.82) is 0 Å². The molecule has 204 valence electrons. The van der Waals surface area contributed by atoms with Gasteiger partial charge in [0.15, 0.2) is 11.5 Å². The Morgan fingerprint density at radius 1 is 1.11 bits per heavy atom. The van der Waals surface area contributed by atoms with Gasteiger partial charge in [0.05, 0.1) is 45.3 Å². The van der Waals surface area contributed by atoms with Crippen molar-refractivity contribution in [1.82, 2.24) is 10.2 Å². The van der Waals surface area contributed by atoms with E-state index in [0.29, 0.717) is 28.2 Å². The number of carbonyl (C=O) groups excluding carboxylic acids is 2. The molecular formula is C28H34N2O8. The Balaban J connectivity index is 1.80. The van der Waals surface area contributed by atoms with Crippen LogP contribution < -0.4 is 14.8 Å². The van der Waals surface area contributed by atoms with Crippen molar-refractivity contribution < 1.29 is 39.1 Å². The Morgan fingerprint density at radius 3 is 2.53 bits per heavy atom. The number of hydrogen-bond acceptors (Lipinski definition) is 8. The summed E-state index contributed by atoms with van der Waals surface area (Å²) in [4.78, 5) is 28.3. The van der Waals surface area contributed by atoms with E-state index >= 15 is 0 Å². The molecule has 0 fully saturated rings. The zero-order valence-electron chi connectivity index (χ0n) is 21.5. The maximum Gasteiger partial charge on any atom is 0.247 e. The highest BCUT2D eigenvalue weighted by molar-refractivity contribution is 5.96. The largest absolute Gasteiger partial charge is 0.493 e. The standard InChI is InChI=1S/C28H34N2O8/c1-36-11-8-23(33)30(15-17-6-4-3-5-7-17)21-14-20(28(35)29-9-10-31)24-19-12-18(16-32)13-22(37-2)26(19)38-27(24)25(21)34/h3-7,12-14,21,24-25,27,31-32,34H,8-11,15-16H2,1-2H3,(H,29,35). The number of methoxy groups -OCH3 is 2. The van der Waals surface area contributed by atoms with E-state index in [0.717, 1.165) is 5.56 Å². The van der Waals surface area contributed by atoms with Gasteiger partial charge < -0.3 is 39.7 Å². The zero-order chi connectivity index (χ0) is 27.2. The molecule has 1 aliphatic heterocycles. The van der Waals surface area contributed by atoms with Gasteiger partial charge >= 0.3 is 0 Å². The topological polar surface area (TPSA) is 138 Å². The normalized spacial score (nSPS) is 21.6. The monoisotopic (exact) mass is 526 g/mol. The summed E-state index contributed by atoms with van der Waals surface area (Å²) in [5, 5.41) is 33.4. The molecule has 2 aromatic rings. The highest BCUT2D eigenvalue weighted by atomic mass is 16.5. The number of nitrogens with zero attached hydrogens (tertiary/aromatic N) is 1. The van der Waals surface area contributed by atoms with E-state index in [9.17, 15) is 24.9 Å². The lowest BCUT2D eigenvalue weighted by atomic mass is 9.77. The van der Waals surface area contributed by atoms with Crippen LogP contribution in [-0.4, -0.2) is 84.3 Å². The molecule has 4 N–H and O–H groups in total. The minimum atomic E-state index is -1.18. The number of hydrogen-bond donors (Lipinski definition) is 4. The third kappa shape index (κ3) is 5.53. The average molecular weight is 527 g/mol. The van der Waals surface area contributed by atoms with Gasteiger partial charge in [0.1, 0.15) is 12.2 Å². The van der Waals surface area contributed by atoms with Crippen LogP contribution in [0.3, 0.4) is 0 Å². The lowest BCUT2D eigenvalue weighted by Crippen LogP contribution is -2.55. The molecule has 10 heteroatoms. The molecule has 4 atom stereocenters. The van der Waals surface area contributed by atoms with Gasteiger partial charge in [-0.25, -0.2) is 0 Å². The summed E-state index contributed by atoms with van der Waals surface area (Å²) in [6.07, 6.45) is -0.372. The second kappa shape index (κ2) is 12.4. The first-order chi connectivity index (χ1) is 18.4. The van der Waals surface area contributed by atoms with E-state index in [2.05, 4.69) is 5.32 Å². The Kier molecular flexibility index (Phi) is 9.01. The van der Waals surface area contributed by atoms with Crippen LogP contribution in [0.5, 0.6) is 11.5 Å². The first kappa shape index (κ1) is 27.6. The quantitative estimate of drug-likeness (QED) is 0.339. The molecule has 4 unspecified atom stereocenters. The number of fused-ring (bicyclic) bond motifs is 3. The van der Waals surface area contributed by atoms with Crippen LogP contribution in [0.25, 0.3) is 0 Å². The number of benzene rings is 2. The Morgan fingerprint density at radius 2 is 1.87 bits per heavy atom. The van der Waals surface area contributed by atoms with Gasteiger partial charge in [0.2, 0.25) is 11.8 Å². The lowest BCUT2D eigenvalue weighted by Gasteiger charge is -2.40. The van der Waals surface area contributed by atoms with Crippen LogP contribution in [0, 0.1) is 0 Å². The van der Waals surface area contributed by atoms with Gasteiger partial charge in [-0.2, -0.15) is 0 Å². The summed E-state index contributed by atoms with van der Waals surface area (Å²) in [5.41, 5.74) is 2.32. The van der Waals surface area contributed by atoms with Crippen molar-refractivity contribution >= 4 is 11.8 Å². The van der Waals surface area contributed by atoms with E-state index in [1.165, 1.54) is 19.1 Å². The van der Waals surface area contributed by atoms with Crippen LogP contribution in [0.15, 0.2) is 54.1 Å². The number of aliphatic hydroxyl groups excluding tert-OH is 3. The minimum absolute atomic E-state index is 0.0367. The Bertz CT molecular complexity index is 1170. The molecule has 1 heterocycles. The number of rotatable bonds is 11. The number of aliphatic hydroxyl groups is 3. The number of nitrogens with one attached hydrogen (secondary N) is 1. The number of amides is 2. The number of ether oxygens (including phenoxy) is 3. The van der Waals surface area contributed by atoms with Gasteiger partial charge in [-0.1, -0.05) is 30.3 Å². The summed E-state index contributed by atoms with van der Waals surface area (Å²) in [6, 6.07) is 11.9. The second-order valence-corrected chi connectivity index (χ2v) is 9.27. The van der Waals surface area contributed by atoms with Gasteiger partial charge in [-0.15, -0.1) is 0 Å². The minimum Gasteiger partial charge on any atom is -0.493 e. The molecule has 38 heavy (non-hydrogen) atoms. The van der Waals surface area contributed by atoms with Gasteiger partial charge in [0.25, 0.3) is 0 Å². The maximum absolute atomic E-state index is 13.4. The average Bonchev–Trinajstić information content (AvgIpc) is 3.34. The van der Waals surface area contributed by atoms with Gasteiger partial charge in [0, 0.05) is 31.3 Å². The summed E-state index contributed by atoms with van der Waals surface area (Å²) >= 11 is 0. The highest BCUT2D eigenvalue weighted by Gasteiger charge is 2.51. The molecule has 0 radical (unpaired) electrons. The highest BCUT2D eigenvalue weighted by Crippen LogP contribution is 2.51. The van der Waals surface area contributed by atoms with E-state index in [4.69, 9.17) is 14.2 Å². The van der Waals surface area contributed by atoms with Crippen molar-refractivity contribution in [2.24, 2.45) is 0 Å². The van der Waals surface area contributed by atoms with Crippen LogP contribution in [0.4, 0.5) is 0 Å². The summed E-state index contributed by atoms with van der Waals surface area (Å²) in [6.45, 7) is -0.0503. The third-order valence-corrected chi connectivity index (χ3v) is 6.89. The molecule has 0 saturated heterocycles. The van der Waals surface area contributed by atoms with Crippen LogP contribution in [0.2, 0.25) is 0 Å². The van der Waals surface area contributed by atoms with E-state index < -0.39 is 30.1 Å². The molecule has 4 rings (SSSR count). The van der Waals surface area contributed by atoms with Gasteiger partial charge in [-0.3, -0.25) is 9.59 Å². The van der Waals surface area contributed by atoms with Crippen LogP contribution in [0.1, 0.15) is 29.0 Å². The predicted octanol–water partition coefficient (Wildman–Crippen LogP) is 0.875. The summed E-state index contributed by atoms with van der Waals surface area (Å²) in [5.74, 6) is -0.624. The fourth-order valence-electron chi connectivity index (χ4n) is 5.09. The molecule has 2 amide bonds. The van der Waals surface area contributed by atoms with E-state index in [-0.39, 0.29) is 45.2 Å².